The standard InChI is InChI=1S/C13H19N3O/c1-4-16(9-11(2)8-14)10-12-6-5-7-13(15-12)17-3/h5-7,11H,4,9-10H2,1-3H3. The van der Waals surface area contributed by atoms with Crippen molar-refractivity contribution in [1.29, 1.82) is 5.26 Å². The summed E-state index contributed by atoms with van der Waals surface area (Å²) in [5.74, 6) is 0.674. The fourth-order valence-electron chi connectivity index (χ4n) is 1.62. The van der Waals surface area contributed by atoms with Crippen LogP contribution < -0.4 is 4.74 Å². The van der Waals surface area contributed by atoms with Crippen LogP contribution in [-0.2, 0) is 6.54 Å². The molecule has 0 saturated carbocycles. The molecule has 0 radical (unpaired) electrons. The van der Waals surface area contributed by atoms with Gasteiger partial charge in [0.05, 0.1) is 24.8 Å². The van der Waals surface area contributed by atoms with E-state index in [2.05, 4.69) is 22.9 Å². The van der Waals surface area contributed by atoms with Crippen LogP contribution in [-0.4, -0.2) is 30.1 Å². The third-order valence-corrected chi connectivity index (χ3v) is 2.58. The molecule has 1 unspecified atom stereocenters. The molecular weight excluding hydrogens is 214 g/mol. The molecule has 0 fully saturated rings. The van der Waals surface area contributed by atoms with E-state index in [9.17, 15) is 0 Å². The number of ether oxygens (including phenoxy) is 1. The Morgan fingerprint density at radius 2 is 2.29 bits per heavy atom. The van der Waals surface area contributed by atoms with Gasteiger partial charge in [0.15, 0.2) is 0 Å². The highest BCUT2D eigenvalue weighted by atomic mass is 16.5. The minimum atomic E-state index is 0.0422. The quantitative estimate of drug-likeness (QED) is 0.754. The van der Waals surface area contributed by atoms with Crippen LogP contribution in [0.1, 0.15) is 19.5 Å². The van der Waals surface area contributed by atoms with Crippen LogP contribution in [0.5, 0.6) is 5.88 Å². The van der Waals surface area contributed by atoms with E-state index in [0.717, 1.165) is 25.3 Å². The maximum absolute atomic E-state index is 8.82. The lowest BCUT2D eigenvalue weighted by molar-refractivity contribution is 0.256. The third-order valence-electron chi connectivity index (χ3n) is 2.58. The van der Waals surface area contributed by atoms with Crippen LogP contribution in [0.4, 0.5) is 0 Å². The van der Waals surface area contributed by atoms with Gasteiger partial charge < -0.3 is 4.74 Å². The van der Waals surface area contributed by atoms with Gasteiger partial charge in [-0.05, 0) is 19.5 Å². The first-order valence-corrected chi connectivity index (χ1v) is 5.81. The van der Waals surface area contributed by atoms with Crippen molar-refractivity contribution in [3.63, 3.8) is 0 Å². The van der Waals surface area contributed by atoms with Crippen LogP contribution in [0, 0.1) is 17.2 Å². The average Bonchev–Trinajstić information content (AvgIpc) is 2.37. The predicted molar refractivity (Wildman–Crippen MR) is 66.5 cm³/mol. The third kappa shape index (κ3) is 4.41. The molecule has 4 heteroatoms. The Morgan fingerprint density at radius 3 is 2.88 bits per heavy atom. The maximum Gasteiger partial charge on any atom is 0.213 e. The van der Waals surface area contributed by atoms with Crippen molar-refractivity contribution in [2.45, 2.75) is 20.4 Å². The lowest BCUT2D eigenvalue weighted by Crippen LogP contribution is -2.27. The van der Waals surface area contributed by atoms with Gasteiger partial charge in [-0.1, -0.05) is 13.0 Å². The minimum absolute atomic E-state index is 0.0422. The number of aromatic nitrogens is 1. The van der Waals surface area contributed by atoms with Gasteiger partial charge in [-0.3, -0.25) is 4.90 Å². The van der Waals surface area contributed by atoms with Crippen LogP contribution in [0.3, 0.4) is 0 Å². The Labute approximate surface area is 103 Å². The number of methoxy groups -OCH3 is 1. The molecule has 1 atom stereocenters. The lowest BCUT2D eigenvalue weighted by atomic mass is 10.2. The average molecular weight is 233 g/mol. The summed E-state index contributed by atoms with van der Waals surface area (Å²) in [5, 5.41) is 8.82. The van der Waals surface area contributed by atoms with Crippen LogP contribution >= 0.6 is 0 Å². The van der Waals surface area contributed by atoms with E-state index in [-0.39, 0.29) is 5.92 Å². The molecule has 0 spiro atoms. The molecule has 1 heterocycles. The molecule has 4 nitrogen and oxygen atoms in total. The molecule has 0 aromatic carbocycles. The Balaban J connectivity index is 2.64. The zero-order valence-electron chi connectivity index (χ0n) is 10.7. The zero-order valence-corrected chi connectivity index (χ0v) is 10.7. The van der Waals surface area contributed by atoms with E-state index in [1.54, 1.807) is 7.11 Å². The molecule has 1 aromatic heterocycles. The molecule has 0 aliphatic carbocycles. The molecule has 0 aliphatic rings. The molecule has 0 amide bonds. The lowest BCUT2D eigenvalue weighted by Gasteiger charge is -2.21. The van der Waals surface area contributed by atoms with E-state index in [4.69, 9.17) is 10.00 Å². The fourth-order valence-corrected chi connectivity index (χ4v) is 1.62. The molecule has 17 heavy (non-hydrogen) atoms. The van der Waals surface area contributed by atoms with Crippen LogP contribution in [0.2, 0.25) is 0 Å². The normalized spacial score (nSPS) is 12.2. The Morgan fingerprint density at radius 1 is 1.53 bits per heavy atom. The van der Waals surface area contributed by atoms with E-state index >= 15 is 0 Å². The summed E-state index contributed by atoms with van der Waals surface area (Å²) in [7, 11) is 1.61. The number of nitriles is 1. The first kappa shape index (κ1) is 13.5. The van der Waals surface area contributed by atoms with Gasteiger partial charge in [-0.15, -0.1) is 0 Å². The molecule has 1 aromatic rings. The molecule has 0 N–H and O–H groups in total. The van der Waals surface area contributed by atoms with Gasteiger partial charge in [0.2, 0.25) is 5.88 Å². The zero-order chi connectivity index (χ0) is 12.7. The highest BCUT2D eigenvalue weighted by Gasteiger charge is 2.09. The second kappa shape index (κ2) is 6.87. The molecular formula is C13H19N3O. The molecule has 0 bridgehead atoms. The summed E-state index contributed by atoms with van der Waals surface area (Å²) in [5.41, 5.74) is 0.969. The molecule has 92 valence electrons. The van der Waals surface area contributed by atoms with Crippen LogP contribution in [0.15, 0.2) is 18.2 Å². The van der Waals surface area contributed by atoms with Gasteiger partial charge in [0, 0.05) is 19.2 Å². The number of hydrogen-bond acceptors (Lipinski definition) is 4. The number of nitrogens with zero attached hydrogens (tertiary/aromatic N) is 3. The Kier molecular flexibility index (Phi) is 5.44. The van der Waals surface area contributed by atoms with Gasteiger partial charge in [0.1, 0.15) is 0 Å². The molecule has 0 aliphatic heterocycles. The monoisotopic (exact) mass is 233 g/mol. The Hall–Kier alpha value is -1.60. The van der Waals surface area contributed by atoms with E-state index < -0.39 is 0 Å². The van der Waals surface area contributed by atoms with Crippen molar-refractivity contribution in [1.82, 2.24) is 9.88 Å². The van der Waals surface area contributed by atoms with E-state index in [0.29, 0.717) is 5.88 Å². The first-order chi connectivity index (χ1) is 8.19. The number of rotatable bonds is 6. The first-order valence-electron chi connectivity index (χ1n) is 5.81. The van der Waals surface area contributed by atoms with Crippen molar-refractivity contribution < 1.29 is 4.74 Å². The summed E-state index contributed by atoms with van der Waals surface area (Å²) in [6.07, 6.45) is 0. The topological polar surface area (TPSA) is 49.1 Å². The van der Waals surface area contributed by atoms with E-state index in [1.807, 2.05) is 25.1 Å². The van der Waals surface area contributed by atoms with Crippen molar-refractivity contribution >= 4 is 0 Å². The largest absolute Gasteiger partial charge is 0.481 e. The summed E-state index contributed by atoms with van der Waals surface area (Å²) in [4.78, 5) is 6.57. The van der Waals surface area contributed by atoms with E-state index in [1.165, 1.54) is 0 Å². The smallest absolute Gasteiger partial charge is 0.213 e. The Bertz CT molecular complexity index is 386. The van der Waals surface area contributed by atoms with Crippen molar-refractivity contribution in [3.05, 3.63) is 23.9 Å². The summed E-state index contributed by atoms with van der Waals surface area (Å²) in [6, 6.07) is 7.99. The summed E-state index contributed by atoms with van der Waals surface area (Å²) in [6.45, 7) is 6.45. The van der Waals surface area contributed by atoms with Gasteiger partial charge >= 0.3 is 0 Å². The summed E-state index contributed by atoms with van der Waals surface area (Å²) >= 11 is 0. The minimum Gasteiger partial charge on any atom is -0.481 e. The SMILES string of the molecule is CCN(Cc1cccc(OC)n1)CC(C)C#N. The van der Waals surface area contributed by atoms with Crippen molar-refractivity contribution in [3.8, 4) is 11.9 Å². The van der Waals surface area contributed by atoms with Crippen LogP contribution in [0.25, 0.3) is 0 Å². The predicted octanol–water partition coefficient (Wildman–Crippen LogP) is 2.07. The number of hydrogen-bond donors (Lipinski definition) is 0. The second-order valence-electron chi connectivity index (χ2n) is 4.03. The molecule has 0 saturated heterocycles. The second-order valence-corrected chi connectivity index (χ2v) is 4.03. The van der Waals surface area contributed by atoms with Gasteiger partial charge in [-0.25, -0.2) is 4.98 Å². The fraction of sp³-hybridized carbons (Fsp3) is 0.538. The van der Waals surface area contributed by atoms with Crippen molar-refractivity contribution in [2.75, 3.05) is 20.2 Å². The number of pyridine rings is 1. The van der Waals surface area contributed by atoms with Gasteiger partial charge in [-0.2, -0.15) is 5.26 Å². The highest BCUT2D eigenvalue weighted by Crippen LogP contribution is 2.10. The molecule has 1 rings (SSSR count). The summed E-state index contributed by atoms with van der Waals surface area (Å²) < 4.78 is 5.09. The van der Waals surface area contributed by atoms with Gasteiger partial charge in [0.25, 0.3) is 0 Å². The highest BCUT2D eigenvalue weighted by molar-refractivity contribution is 5.15. The maximum atomic E-state index is 8.82. The van der Waals surface area contributed by atoms with Crippen molar-refractivity contribution in [2.24, 2.45) is 5.92 Å².